The van der Waals surface area contributed by atoms with Crippen LogP contribution >= 0.6 is 11.6 Å². The summed E-state index contributed by atoms with van der Waals surface area (Å²) in [7, 11) is 1.56. The average Bonchev–Trinajstić information content (AvgIpc) is 1.91. The van der Waals surface area contributed by atoms with Gasteiger partial charge in [-0.2, -0.15) is 0 Å². The van der Waals surface area contributed by atoms with Gasteiger partial charge in [0.25, 0.3) is 0 Å². The van der Waals surface area contributed by atoms with E-state index in [0.29, 0.717) is 10.8 Å². The third-order valence-corrected chi connectivity index (χ3v) is 1.27. The van der Waals surface area contributed by atoms with Crippen molar-refractivity contribution >= 4 is 11.6 Å². The van der Waals surface area contributed by atoms with Gasteiger partial charge in [-0.3, -0.25) is 0 Å². The fraction of sp³-hybridized carbons (Fsp3) is 0.250. The molecule has 56 valence electrons. The van der Waals surface area contributed by atoms with Gasteiger partial charge in [-0.25, -0.2) is 0 Å². The van der Waals surface area contributed by atoms with E-state index in [-0.39, 0.29) is 0 Å². The second-order valence-corrected chi connectivity index (χ2v) is 2.03. The third kappa shape index (κ3) is 2.74. The van der Waals surface area contributed by atoms with E-state index >= 15 is 0 Å². The molecule has 0 aliphatic carbocycles. The highest BCUT2D eigenvalue weighted by Crippen LogP contribution is 2.11. The van der Waals surface area contributed by atoms with Crippen LogP contribution in [0.4, 0.5) is 0 Å². The van der Waals surface area contributed by atoms with Crippen molar-refractivity contribution in [3.8, 4) is 0 Å². The Hall–Kier alpha value is -0.690. The van der Waals surface area contributed by atoms with Crippen LogP contribution in [0.1, 0.15) is 6.92 Å². The highest BCUT2D eigenvalue weighted by Gasteiger charge is 1.93. The van der Waals surface area contributed by atoms with Gasteiger partial charge >= 0.3 is 0 Å². The molecular formula is C8H11ClO. The molecule has 0 aromatic carbocycles. The summed E-state index contributed by atoms with van der Waals surface area (Å²) in [5, 5.41) is 0.569. The van der Waals surface area contributed by atoms with E-state index in [1.165, 1.54) is 0 Å². The monoisotopic (exact) mass is 158 g/mol. The van der Waals surface area contributed by atoms with Gasteiger partial charge in [-0.1, -0.05) is 24.3 Å². The zero-order valence-corrected chi connectivity index (χ0v) is 6.98. The van der Waals surface area contributed by atoms with Crippen LogP contribution in [0.2, 0.25) is 0 Å². The first kappa shape index (κ1) is 9.31. The number of halogens is 1. The molecule has 0 aliphatic rings. The van der Waals surface area contributed by atoms with Gasteiger partial charge in [0, 0.05) is 0 Å². The van der Waals surface area contributed by atoms with Crippen molar-refractivity contribution in [2.45, 2.75) is 6.92 Å². The van der Waals surface area contributed by atoms with Crippen LogP contribution < -0.4 is 0 Å². The molecule has 0 aromatic heterocycles. The topological polar surface area (TPSA) is 9.23 Å². The standard InChI is InChI=1S/C8H11ClO/c1-4-6-7(9)8(5-2)10-3/h4-6H,2H2,1,3H3/b6-4-,8-7-. The second-order valence-electron chi connectivity index (χ2n) is 1.62. The number of ether oxygens (including phenoxy) is 1. The fourth-order valence-corrected chi connectivity index (χ4v) is 0.787. The summed E-state index contributed by atoms with van der Waals surface area (Å²) >= 11 is 5.74. The maximum atomic E-state index is 5.74. The minimum absolute atomic E-state index is 0.569. The van der Waals surface area contributed by atoms with E-state index in [4.69, 9.17) is 16.3 Å². The van der Waals surface area contributed by atoms with Crippen LogP contribution in [-0.2, 0) is 4.74 Å². The maximum Gasteiger partial charge on any atom is 0.136 e. The smallest absolute Gasteiger partial charge is 0.136 e. The molecule has 10 heavy (non-hydrogen) atoms. The summed E-state index contributed by atoms with van der Waals surface area (Å²) in [6.45, 7) is 5.42. The van der Waals surface area contributed by atoms with E-state index in [9.17, 15) is 0 Å². The molecule has 1 nitrogen and oxygen atoms in total. The first-order valence-electron chi connectivity index (χ1n) is 2.95. The lowest BCUT2D eigenvalue weighted by Crippen LogP contribution is -1.82. The van der Waals surface area contributed by atoms with Crippen LogP contribution in [0.25, 0.3) is 0 Å². The Labute approximate surface area is 66.6 Å². The van der Waals surface area contributed by atoms with Gasteiger partial charge in [0.15, 0.2) is 0 Å². The van der Waals surface area contributed by atoms with Crippen LogP contribution in [0.5, 0.6) is 0 Å². The molecule has 0 saturated carbocycles. The van der Waals surface area contributed by atoms with Crippen molar-refractivity contribution in [3.63, 3.8) is 0 Å². The maximum absolute atomic E-state index is 5.74. The summed E-state index contributed by atoms with van der Waals surface area (Å²) in [4.78, 5) is 0. The lowest BCUT2D eigenvalue weighted by Gasteiger charge is -1.99. The minimum Gasteiger partial charge on any atom is -0.495 e. The summed E-state index contributed by atoms with van der Waals surface area (Å²) in [6, 6.07) is 0. The lowest BCUT2D eigenvalue weighted by molar-refractivity contribution is 0.306. The largest absolute Gasteiger partial charge is 0.495 e. The van der Waals surface area contributed by atoms with Crippen molar-refractivity contribution < 1.29 is 4.74 Å². The Morgan fingerprint density at radius 2 is 2.20 bits per heavy atom. The normalized spacial score (nSPS) is 13.1. The van der Waals surface area contributed by atoms with Crippen molar-refractivity contribution in [2.24, 2.45) is 0 Å². The number of rotatable bonds is 3. The molecule has 0 aromatic rings. The molecule has 2 heteroatoms. The fourth-order valence-electron chi connectivity index (χ4n) is 0.507. The van der Waals surface area contributed by atoms with Gasteiger partial charge in [0.1, 0.15) is 5.76 Å². The Balaban J connectivity index is 4.42. The molecule has 0 saturated heterocycles. The molecule has 0 amide bonds. The van der Waals surface area contributed by atoms with E-state index < -0.39 is 0 Å². The van der Waals surface area contributed by atoms with Crippen molar-refractivity contribution in [1.82, 2.24) is 0 Å². The van der Waals surface area contributed by atoms with Gasteiger partial charge < -0.3 is 4.74 Å². The third-order valence-electron chi connectivity index (χ3n) is 0.954. The van der Waals surface area contributed by atoms with E-state index in [0.717, 1.165) is 0 Å². The zero-order valence-electron chi connectivity index (χ0n) is 6.23. The number of hydrogen-bond acceptors (Lipinski definition) is 1. The SMILES string of the molecule is C=C/C(OC)=C(Cl)\C=C/C. The van der Waals surface area contributed by atoms with Gasteiger partial charge in [-0.15, -0.1) is 0 Å². The molecule has 0 fully saturated rings. The Kier molecular flexibility index (Phi) is 4.77. The predicted molar refractivity (Wildman–Crippen MR) is 44.9 cm³/mol. The molecule has 0 rings (SSSR count). The Bertz CT molecular complexity index is 168. The predicted octanol–water partition coefficient (Wildman–Crippen LogP) is 2.85. The molecule has 0 aliphatic heterocycles. The van der Waals surface area contributed by atoms with Gasteiger partial charge in [-0.05, 0) is 19.1 Å². The highest BCUT2D eigenvalue weighted by molar-refractivity contribution is 6.31. The summed E-state index contributed by atoms with van der Waals surface area (Å²) in [5.74, 6) is 0.597. The lowest BCUT2D eigenvalue weighted by atomic mass is 10.4. The second kappa shape index (κ2) is 5.12. The quantitative estimate of drug-likeness (QED) is 0.454. The molecule has 0 heterocycles. The van der Waals surface area contributed by atoms with E-state index in [1.807, 2.05) is 13.0 Å². The van der Waals surface area contributed by atoms with Gasteiger partial charge in [0.05, 0.1) is 12.1 Å². The molecule has 0 atom stereocenters. The number of hydrogen-bond donors (Lipinski definition) is 0. The summed E-state index contributed by atoms with van der Waals surface area (Å²) in [5.41, 5.74) is 0. The highest BCUT2D eigenvalue weighted by atomic mass is 35.5. The molecule has 0 radical (unpaired) electrons. The van der Waals surface area contributed by atoms with Crippen LogP contribution in [0, 0.1) is 0 Å². The molecule has 0 N–H and O–H groups in total. The van der Waals surface area contributed by atoms with Crippen LogP contribution in [0.3, 0.4) is 0 Å². The van der Waals surface area contributed by atoms with Crippen molar-refractivity contribution in [3.05, 3.63) is 35.6 Å². The van der Waals surface area contributed by atoms with E-state index in [2.05, 4.69) is 6.58 Å². The summed E-state index contributed by atoms with van der Waals surface area (Å²) in [6.07, 6.45) is 5.16. The van der Waals surface area contributed by atoms with Crippen molar-refractivity contribution in [1.29, 1.82) is 0 Å². The Morgan fingerprint density at radius 1 is 1.60 bits per heavy atom. The minimum atomic E-state index is 0.569. The van der Waals surface area contributed by atoms with Crippen LogP contribution in [-0.4, -0.2) is 7.11 Å². The number of allylic oxidation sites excluding steroid dienone is 4. The molecule has 0 spiro atoms. The van der Waals surface area contributed by atoms with Crippen LogP contribution in [0.15, 0.2) is 35.6 Å². The van der Waals surface area contributed by atoms with E-state index in [1.54, 1.807) is 19.3 Å². The Morgan fingerprint density at radius 3 is 2.50 bits per heavy atom. The van der Waals surface area contributed by atoms with Gasteiger partial charge in [0.2, 0.25) is 0 Å². The molecule has 0 bridgehead atoms. The summed E-state index contributed by atoms with van der Waals surface area (Å²) < 4.78 is 4.89. The molecular weight excluding hydrogens is 148 g/mol. The first-order valence-corrected chi connectivity index (χ1v) is 3.33. The number of methoxy groups -OCH3 is 1. The first-order chi connectivity index (χ1) is 4.76. The zero-order chi connectivity index (χ0) is 7.98. The average molecular weight is 159 g/mol. The van der Waals surface area contributed by atoms with Crippen molar-refractivity contribution in [2.75, 3.05) is 7.11 Å². The molecule has 0 unspecified atom stereocenters.